The lowest BCUT2D eigenvalue weighted by molar-refractivity contribution is 0.152. The Balaban J connectivity index is 2.93. The minimum absolute atomic E-state index is 0.279. The summed E-state index contributed by atoms with van der Waals surface area (Å²) >= 11 is 0. The minimum atomic E-state index is -0.622. The predicted molar refractivity (Wildman–Crippen MR) is 73.8 cm³/mol. The van der Waals surface area contributed by atoms with Crippen LogP contribution in [-0.4, -0.2) is 40.2 Å². The van der Waals surface area contributed by atoms with Gasteiger partial charge in [-0.05, 0) is 13.0 Å². The lowest BCUT2D eigenvalue weighted by Gasteiger charge is -2.11. The largest absolute Gasteiger partial charge is 0.496 e. The normalized spacial score (nSPS) is 10.2. The fourth-order valence-corrected chi connectivity index (χ4v) is 1.47. The van der Waals surface area contributed by atoms with Crippen molar-refractivity contribution in [1.82, 2.24) is 5.43 Å². The highest BCUT2D eigenvalue weighted by Crippen LogP contribution is 2.33. The van der Waals surface area contributed by atoms with Crippen molar-refractivity contribution >= 4 is 12.3 Å². The van der Waals surface area contributed by atoms with Gasteiger partial charge in [0.25, 0.3) is 0 Å². The first-order valence-electron chi connectivity index (χ1n) is 5.92. The van der Waals surface area contributed by atoms with Gasteiger partial charge in [0.2, 0.25) is 0 Å². The molecule has 0 radical (unpaired) electrons. The highest BCUT2D eigenvalue weighted by molar-refractivity contribution is 5.85. The highest BCUT2D eigenvalue weighted by atomic mass is 16.5. The Morgan fingerprint density at radius 1 is 1.15 bits per heavy atom. The molecule has 110 valence electrons. The van der Waals surface area contributed by atoms with Crippen LogP contribution in [0.4, 0.5) is 4.79 Å². The summed E-state index contributed by atoms with van der Waals surface area (Å²) in [7, 11) is 4.59. The molecule has 0 fully saturated rings. The quantitative estimate of drug-likeness (QED) is 0.635. The summed E-state index contributed by atoms with van der Waals surface area (Å²) in [6.07, 6.45) is 0.806. The van der Waals surface area contributed by atoms with E-state index >= 15 is 0 Å². The molecule has 7 nitrogen and oxygen atoms in total. The van der Waals surface area contributed by atoms with Crippen LogP contribution in [0.2, 0.25) is 0 Å². The molecule has 0 spiro atoms. The van der Waals surface area contributed by atoms with Crippen molar-refractivity contribution < 1.29 is 23.7 Å². The third-order valence-electron chi connectivity index (χ3n) is 2.37. The first kappa shape index (κ1) is 15.6. The third-order valence-corrected chi connectivity index (χ3v) is 2.37. The Labute approximate surface area is 117 Å². The summed E-state index contributed by atoms with van der Waals surface area (Å²) in [6, 6.07) is 3.36. The molecule has 0 aliphatic rings. The van der Waals surface area contributed by atoms with Gasteiger partial charge in [0.05, 0.1) is 34.2 Å². The molecular formula is C13H18N2O5. The Morgan fingerprint density at radius 2 is 1.75 bits per heavy atom. The van der Waals surface area contributed by atoms with Crippen molar-refractivity contribution in [3.05, 3.63) is 17.7 Å². The van der Waals surface area contributed by atoms with Gasteiger partial charge in [0.15, 0.2) is 11.5 Å². The van der Waals surface area contributed by atoms with E-state index in [-0.39, 0.29) is 6.61 Å². The second kappa shape index (κ2) is 7.88. The number of hydrogen-bond acceptors (Lipinski definition) is 6. The zero-order valence-electron chi connectivity index (χ0n) is 11.9. The van der Waals surface area contributed by atoms with Gasteiger partial charge in [-0.2, -0.15) is 5.10 Å². The number of carbonyl (C=O) groups excluding carboxylic acids is 1. The third kappa shape index (κ3) is 4.04. The number of methoxy groups -OCH3 is 3. The molecule has 1 amide bonds. The maximum Gasteiger partial charge on any atom is 0.427 e. The molecule has 0 saturated heterocycles. The van der Waals surface area contributed by atoms with Crippen molar-refractivity contribution in [1.29, 1.82) is 0 Å². The summed E-state index contributed by atoms with van der Waals surface area (Å²) in [5.74, 6) is 1.61. The van der Waals surface area contributed by atoms with Crippen molar-refractivity contribution in [2.24, 2.45) is 5.10 Å². The van der Waals surface area contributed by atoms with Gasteiger partial charge in [-0.3, -0.25) is 0 Å². The molecule has 0 bridgehead atoms. The van der Waals surface area contributed by atoms with Crippen LogP contribution in [0.3, 0.4) is 0 Å². The van der Waals surface area contributed by atoms with Crippen LogP contribution in [0.15, 0.2) is 17.2 Å². The first-order chi connectivity index (χ1) is 9.65. The first-order valence-corrected chi connectivity index (χ1v) is 5.92. The van der Waals surface area contributed by atoms with Gasteiger partial charge >= 0.3 is 6.09 Å². The van der Waals surface area contributed by atoms with Crippen LogP contribution in [0.5, 0.6) is 17.2 Å². The molecular weight excluding hydrogens is 264 g/mol. The number of ether oxygens (including phenoxy) is 4. The van der Waals surface area contributed by atoms with Crippen LogP contribution >= 0.6 is 0 Å². The standard InChI is InChI=1S/C13H18N2O5/c1-5-20-13(16)15-14-8-9-6-11(18-3)12(19-4)7-10(9)17-2/h6-8H,5H2,1-4H3,(H,15,16)/b14-8+. The number of benzene rings is 1. The molecule has 1 rings (SSSR count). The Kier molecular flexibility index (Phi) is 6.15. The molecule has 7 heteroatoms. The van der Waals surface area contributed by atoms with E-state index in [9.17, 15) is 4.79 Å². The maximum absolute atomic E-state index is 11.1. The SMILES string of the molecule is CCOC(=O)N/N=C/c1cc(OC)c(OC)cc1OC. The monoisotopic (exact) mass is 282 g/mol. The van der Waals surface area contributed by atoms with E-state index in [0.29, 0.717) is 22.8 Å². The van der Waals surface area contributed by atoms with Crippen molar-refractivity contribution in [2.45, 2.75) is 6.92 Å². The molecule has 0 atom stereocenters. The van der Waals surface area contributed by atoms with E-state index in [2.05, 4.69) is 15.3 Å². The van der Waals surface area contributed by atoms with Crippen LogP contribution in [-0.2, 0) is 4.74 Å². The van der Waals surface area contributed by atoms with E-state index in [1.54, 1.807) is 19.1 Å². The molecule has 0 heterocycles. The average Bonchev–Trinajstić information content (AvgIpc) is 2.46. The number of hydrogen-bond donors (Lipinski definition) is 1. The number of hydrazone groups is 1. The number of nitrogens with one attached hydrogen (secondary N) is 1. The zero-order valence-corrected chi connectivity index (χ0v) is 11.9. The van der Waals surface area contributed by atoms with E-state index in [4.69, 9.17) is 14.2 Å². The Morgan fingerprint density at radius 3 is 2.30 bits per heavy atom. The van der Waals surface area contributed by atoms with Crippen molar-refractivity contribution in [3.63, 3.8) is 0 Å². The molecule has 0 aromatic heterocycles. The van der Waals surface area contributed by atoms with Crippen molar-refractivity contribution in [3.8, 4) is 17.2 Å². The van der Waals surface area contributed by atoms with E-state index in [1.807, 2.05) is 0 Å². The fraction of sp³-hybridized carbons (Fsp3) is 0.385. The number of carbonyl (C=O) groups is 1. The van der Waals surface area contributed by atoms with Gasteiger partial charge in [-0.15, -0.1) is 0 Å². The number of nitrogens with zero attached hydrogens (tertiary/aromatic N) is 1. The van der Waals surface area contributed by atoms with Gasteiger partial charge in [0.1, 0.15) is 5.75 Å². The van der Waals surface area contributed by atoms with Crippen LogP contribution in [0.25, 0.3) is 0 Å². The summed E-state index contributed by atoms with van der Waals surface area (Å²) in [5, 5.41) is 3.77. The van der Waals surface area contributed by atoms with Gasteiger partial charge in [-0.1, -0.05) is 0 Å². The average molecular weight is 282 g/mol. The summed E-state index contributed by atoms with van der Waals surface area (Å²) in [6.45, 7) is 1.99. The second-order valence-electron chi connectivity index (χ2n) is 3.54. The molecule has 1 aromatic carbocycles. The number of amides is 1. The summed E-state index contributed by atoms with van der Waals surface area (Å²) in [5.41, 5.74) is 2.86. The fourth-order valence-electron chi connectivity index (χ4n) is 1.47. The Hall–Kier alpha value is -2.44. The molecule has 1 N–H and O–H groups in total. The highest BCUT2D eigenvalue weighted by Gasteiger charge is 2.10. The van der Waals surface area contributed by atoms with Crippen molar-refractivity contribution in [2.75, 3.05) is 27.9 Å². The van der Waals surface area contributed by atoms with Crippen LogP contribution in [0, 0.1) is 0 Å². The molecule has 20 heavy (non-hydrogen) atoms. The topological polar surface area (TPSA) is 78.4 Å². The second-order valence-corrected chi connectivity index (χ2v) is 3.54. The van der Waals surface area contributed by atoms with Gasteiger partial charge in [0, 0.05) is 11.6 Å². The maximum atomic E-state index is 11.1. The van der Waals surface area contributed by atoms with Gasteiger partial charge < -0.3 is 18.9 Å². The van der Waals surface area contributed by atoms with Gasteiger partial charge in [-0.25, -0.2) is 10.2 Å². The zero-order chi connectivity index (χ0) is 15.0. The molecule has 1 aromatic rings. The van der Waals surface area contributed by atoms with E-state index in [1.165, 1.54) is 27.5 Å². The number of rotatable bonds is 6. The molecule has 0 saturated carbocycles. The van der Waals surface area contributed by atoms with E-state index < -0.39 is 6.09 Å². The minimum Gasteiger partial charge on any atom is -0.496 e. The smallest absolute Gasteiger partial charge is 0.427 e. The summed E-state index contributed by atoms with van der Waals surface area (Å²) < 4.78 is 20.3. The molecule has 0 unspecified atom stereocenters. The lowest BCUT2D eigenvalue weighted by Crippen LogP contribution is -2.18. The summed E-state index contributed by atoms with van der Waals surface area (Å²) in [4.78, 5) is 11.1. The Bertz CT molecular complexity index is 488. The predicted octanol–water partition coefficient (Wildman–Crippen LogP) is 1.79. The van der Waals surface area contributed by atoms with E-state index in [0.717, 1.165) is 0 Å². The molecule has 0 aliphatic carbocycles. The molecule has 0 aliphatic heterocycles. The van der Waals surface area contributed by atoms with Crippen LogP contribution < -0.4 is 19.6 Å². The van der Waals surface area contributed by atoms with Crippen LogP contribution in [0.1, 0.15) is 12.5 Å². The lowest BCUT2D eigenvalue weighted by atomic mass is 10.2.